The molecule has 0 radical (unpaired) electrons. The zero-order valence-corrected chi connectivity index (χ0v) is 9.90. The van der Waals surface area contributed by atoms with Gasteiger partial charge < -0.3 is 10.7 Å². The van der Waals surface area contributed by atoms with Gasteiger partial charge in [-0.1, -0.05) is 19.9 Å². The van der Waals surface area contributed by atoms with Gasteiger partial charge in [-0.3, -0.25) is 4.98 Å². The number of hydrogen-bond donors (Lipinski definition) is 2. The molecule has 86 valence electrons. The predicted molar refractivity (Wildman–Crippen MR) is 68.2 cm³/mol. The lowest BCUT2D eigenvalue weighted by atomic mass is 10.1. The molecule has 2 heterocycles. The Morgan fingerprint density at radius 3 is 2.12 bits per heavy atom. The van der Waals surface area contributed by atoms with Crippen molar-refractivity contribution in [2.75, 3.05) is 5.73 Å². The van der Waals surface area contributed by atoms with Crippen LogP contribution in [0.5, 0.6) is 0 Å². The molecule has 2 aromatic heterocycles. The number of anilines is 1. The van der Waals surface area contributed by atoms with Gasteiger partial charge in [-0.25, -0.2) is 0 Å². The SMILES string of the molecule is CCc1[nH]cc(N)c1CC.c1ccncc1. The van der Waals surface area contributed by atoms with E-state index in [1.807, 2.05) is 24.4 Å². The summed E-state index contributed by atoms with van der Waals surface area (Å²) in [5, 5.41) is 0. The van der Waals surface area contributed by atoms with E-state index in [0.29, 0.717) is 0 Å². The molecule has 0 aliphatic heterocycles. The fraction of sp³-hybridized carbons (Fsp3) is 0.308. The number of H-pyrrole nitrogens is 1. The van der Waals surface area contributed by atoms with Crippen molar-refractivity contribution < 1.29 is 0 Å². The summed E-state index contributed by atoms with van der Waals surface area (Å²) in [6, 6.07) is 5.72. The summed E-state index contributed by atoms with van der Waals surface area (Å²) in [7, 11) is 0. The van der Waals surface area contributed by atoms with Gasteiger partial charge >= 0.3 is 0 Å². The van der Waals surface area contributed by atoms with Gasteiger partial charge in [-0.15, -0.1) is 0 Å². The third-order valence-corrected chi connectivity index (χ3v) is 2.39. The maximum Gasteiger partial charge on any atom is 0.0526 e. The molecule has 0 saturated carbocycles. The average Bonchev–Trinajstić information content (AvgIpc) is 2.72. The van der Waals surface area contributed by atoms with E-state index in [9.17, 15) is 0 Å². The summed E-state index contributed by atoms with van der Waals surface area (Å²) in [6.07, 6.45) is 7.44. The van der Waals surface area contributed by atoms with Crippen LogP contribution in [0.2, 0.25) is 0 Å². The normalized spacial score (nSPS) is 9.38. The van der Waals surface area contributed by atoms with Gasteiger partial charge in [0, 0.05) is 24.3 Å². The minimum atomic E-state index is 0.902. The maximum absolute atomic E-state index is 5.70. The number of aromatic nitrogens is 2. The highest BCUT2D eigenvalue weighted by Gasteiger charge is 2.03. The highest BCUT2D eigenvalue weighted by atomic mass is 14.7. The van der Waals surface area contributed by atoms with Crippen LogP contribution in [0, 0.1) is 0 Å². The highest BCUT2D eigenvalue weighted by Crippen LogP contribution is 2.16. The first-order valence-electron chi connectivity index (χ1n) is 5.59. The molecular formula is C13H19N3. The molecule has 16 heavy (non-hydrogen) atoms. The molecule has 0 bridgehead atoms. The van der Waals surface area contributed by atoms with Gasteiger partial charge in [0.15, 0.2) is 0 Å². The Hall–Kier alpha value is -1.77. The fourth-order valence-corrected chi connectivity index (χ4v) is 1.56. The number of pyridine rings is 1. The highest BCUT2D eigenvalue weighted by molar-refractivity contribution is 5.48. The number of nitrogens with one attached hydrogen (secondary N) is 1. The first-order chi connectivity index (χ1) is 7.79. The second-order valence-corrected chi connectivity index (χ2v) is 3.43. The van der Waals surface area contributed by atoms with E-state index in [-0.39, 0.29) is 0 Å². The van der Waals surface area contributed by atoms with Crippen molar-refractivity contribution in [3.63, 3.8) is 0 Å². The quantitative estimate of drug-likeness (QED) is 0.812. The van der Waals surface area contributed by atoms with Crippen molar-refractivity contribution >= 4 is 5.69 Å². The van der Waals surface area contributed by atoms with Crippen LogP contribution in [0.1, 0.15) is 25.1 Å². The standard InChI is InChI=1S/C8H14N2.C5H5N/c1-3-6-7(9)5-10-8(6)4-2;1-2-4-6-5-3-1/h5,10H,3-4,9H2,1-2H3;1-5H. The van der Waals surface area contributed by atoms with Crippen molar-refractivity contribution in [1.82, 2.24) is 9.97 Å². The molecule has 0 aliphatic rings. The topological polar surface area (TPSA) is 54.7 Å². The van der Waals surface area contributed by atoms with E-state index in [1.54, 1.807) is 12.4 Å². The third kappa shape index (κ3) is 3.42. The van der Waals surface area contributed by atoms with E-state index in [4.69, 9.17) is 5.73 Å². The molecule has 0 aliphatic carbocycles. The summed E-state index contributed by atoms with van der Waals surface area (Å²) in [5.74, 6) is 0. The van der Waals surface area contributed by atoms with Crippen LogP contribution < -0.4 is 5.73 Å². The summed E-state index contributed by atoms with van der Waals surface area (Å²) in [6.45, 7) is 4.25. The Morgan fingerprint density at radius 1 is 1.12 bits per heavy atom. The number of rotatable bonds is 2. The van der Waals surface area contributed by atoms with E-state index < -0.39 is 0 Å². The lowest BCUT2D eigenvalue weighted by molar-refractivity contribution is 1.00. The number of hydrogen-bond acceptors (Lipinski definition) is 2. The van der Waals surface area contributed by atoms with Gasteiger partial charge in [0.2, 0.25) is 0 Å². The van der Waals surface area contributed by atoms with Crippen LogP contribution >= 0.6 is 0 Å². The van der Waals surface area contributed by atoms with E-state index >= 15 is 0 Å². The number of nitrogens with zero attached hydrogens (tertiary/aromatic N) is 1. The van der Waals surface area contributed by atoms with Gasteiger partial charge in [-0.2, -0.15) is 0 Å². The van der Waals surface area contributed by atoms with E-state index in [2.05, 4.69) is 23.8 Å². The van der Waals surface area contributed by atoms with Crippen LogP contribution in [0.3, 0.4) is 0 Å². The Balaban J connectivity index is 0.000000181. The lowest BCUT2D eigenvalue weighted by Crippen LogP contribution is -1.91. The van der Waals surface area contributed by atoms with Gasteiger partial charge in [0.05, 0.1) is 5.69 Å². The van der Waals surface area contributed by atoms with Crippen LogP contribution in [0.15, 0.2) is 36.8 Å². The lowest BCUT2D eigenvalue weighted by Gasteiger charge is -1.97. The van der Waals surface area contributed by atoms with Crippen LogP contribution in [0.25, 0.3) is 0 Å². The molecule has 0 amide bonds. The zero-order chi connectivity index (χ0) is 11.8. The van der Waals surface area contributed by atoms with Crippen LogP contribution in [-0.4, -0.2) is 9.97 Å². The molecule has 0 atom stereocenters. The summed E-state index contributed by atoms with van der Waals surface area (Å²) in [4.78, 5) is 6.93. The molecule has 2 aromatic rings. The molecule has 3 nitrogen and oxygen atoms in total. The zero-order valence-electron chi connectivity index (χ0n) is 9.90. The molecule has 0 spiro atoms. The fourth-order valence-electron chi connectivity index (χ4n) is 1.56. The van der Waals surface area contributed by atoms with Gasteiger partial charge in [0.25, 0.3) is 0 Å². The third-order valence-electron chi connectivity index (χ3n) is 2.39. The number of aryl methyl sites for hydroxylation is 1. The number of nitrogens with two attached hydrogens (primary N) is 1. The van der Waals surface area contributed by atoms with E-state index in [0.717, 1.165) is 18.5 Å². The summed E-state index contributed by atoms with van der Waals surface area (Å²) >= 11 is 0. The van der Waals surface area contributed by atoms with Crippen LogP contribution in [-0.2, 0) is 12.8 Å². The largest absolute Gasteiger partial charge is 0.397 e. The smallest absolute Gasteiger partial charge is 0.0526 e. The first kappa shape index (κ1) is 12.3. The summed E-state index contributed by atoms with van der Waals surface area (Å²) in [5.41, 5.74) is 9.16. The van der Waals surface area contributed by atoms with Crippen molar-refractivity contribution in [2.24, 2.45) is 0 Å². The van der Waals surface area contributed by atoms with Gasteiger partial charge in [0.1, 0.15) is 0 Å². The average molecular weight is 217 g/mol. The molecule has 3 N–H and O–H groups in total. The predicted octanol–water partition coefficient (Wildman–Crippen LogP) is 2.80. The van der Waals surface area contributed by atoms with Crippen LogP contribution in [0.4, 0.5) is 5.69 Å². The van der Waals surface area contributed by atoms with Crippen molar-refractivity contribution in [3.05, 3.63) is 48.0 Å². The van der Waals surface area contributed by atoms with Crippen molar-refractivity contribution in [3.8, 4) is 0 Å². The molecule has 0 aromatic carbocycles. The monoisotopic (exact) mass is 217 g/mol. The van der Waals surface area contributed by atoms with Gasteiger partial charge in [-0.05, 0) is 30.5 Å². The molecule has 3 heteroatoms. The summed E-state index contributed by atoms with van der Waals surface area (Å²) < 4.78 is 0. The minimum absolute atomic E-state index is 0.902. The van der Waals surface area contributed by atoms with Crippen molar-refractivity contribution in [1.29, 1.82) is 0 Å². The van der Waals surface area contributed by atoms with Crippen molar-refractivity contribution in [2.45, 2.75) is 26.7 Å². The molecule has 0 fully saturated rings. The first-order valence-corrected chi connectivity index (χ1v) is 5.59. The second kappa shape index (κ2) is 6.67. The molecule has 2 rings (SSSR count). The molecular weight excluding hydrogens is 198 g/mol. The maximum atomic E-state index is 5.70. The second-order valence-electron chi connectivity index (χ2n) is 3.43. The Morgan fingerprint density at radius 2 is 1.81 bits per heavy atom. The molecule has 0 saturated heterocycles. The minimum Gasteiger partial charge on any atom is -0.397 e. The van der Waals surface area contributed by atoms with E-state index in [1.165, 1.54) is 11.3 Å². The molecule has 0 unspecified atom stereocenters. The number of nitrogen functional groups attached to an aromatic ring is 1. The Labute approximate surface area is 96.7 Å². The Kier molecular flexibility index (Phi) is 5.12. The number of aromatic amines is 1. The Bertz CT molecular complexity index is 366.